The first-order valence-electron chi connectivity index (χ1n) is 5.20. The molecule has 0 unspecified atom stereocenters. The zero-order valence-corrected chi connectivity index (χ0v) is 9.36. The number of anilines is 1. The standard InChI is InChI=1S/C12H14N2O2/c1-3-16-12(15)14(2)11-8-9-6-4-5-7-10(9)13-11/h4-8,13H,3H2,1-2H3. The molecule has 4 nitrogen and oxygen atoms in total. The third-order valence-corrected chi connectivity index (χ3v) is 2.42. The maximum Gasteiger partial charge on any atom is 0.415 e. The molecule has 2 aromatic rings. The Kier molecular flexibility index (Phi) is 2.81. The quantitative estimate of drug-likeness (QED) is 0.842. The summed E-state index contributed by atoms with van der Waals surface area (Å²) in [6.45, 7) is 2.17. The minimum absolute atomic E-state index is 0.353. The van der Waals surface area contributed by atoms with Crippen molar-refractivity contribution in [1.82, 2.24) is 4.98 Å². The lowest BCUT2D eigenvalue weighted by Gasteiger charge is -2.13. The number of H-pyrrole nitrogens is 1. The molecule has 2 rings (SSSR count). The van der Waals surface area contributed by atoms with Crippen LogP contribution in [0.15, 0.2) is 30.3 Å². The molecule has 1 aromatic heterocycles. The van der Waals surface area contributed by atoms with E-state index in [1.807, 2.05) is 30.3 Å². The third kappa shape index (κ3) is 1.86. The lowest BCUT2D eigenvalue weighted by Crippen LogP contribution is -2.27. The van der Waals surface area contributed by atoms with Crippen molar-refractivity contribution in [3.63, 3.8) is 0 Å². The SMILES string of the molecule is CCOC(=O)N(C)c1cc2ccccc2[nH]1. The van der Waals surface area contributed by atoms with Gasteiger partial charge in [0.15, 0.2) is 0 Å². The molecule has 1 amide bonds. The second-order valence-corrected chi connectivity index (χ2v) is 3.50. The molecule has 16 heavy (non-hydrogen) atoms. The maximum atomic E-state index is 11.5. The van der Waals surface area contributed by atoms with E-state index < -0.39 is 0 Å². The first-order valence-corrected chi connectivity index (χ1v) is 5.20. The number of hydrogen-bond acceptors (Lipinski definition) is 2. The van der Waals surface area contributed by atoms with Gasteiger partial charge in [-0.05, 0) is 19.1 Å². The van der Waals surface area contributed by atoms with Crippen LogP contribution in [0.2, 0.25) is 0 Å². The van der Waals surface area contributed by atoms with Gasteiger partial charge >= 0.3 is 6.09 Å². The van der Waals surface area contributed by atoms with Crippen molar-refractivity contribution < 1.29 is 9.53 Å². The normalized spacial score (nSPS) is 10.4. The lowest BCUT2D eigenvalue weighted by atomic mass is 10.2. The average molecular weight is 218 g/mol. The van der Waals surface area contributed by atoms with Gasteiger partial charge in [0.1, 0.15) is 5.82 Å². The molecule has 0 saturated heterocycles. The average Bonchev–Trinajstić information content (AvgIpc) is 2.71. The number of nitrogens with one attached hydrogen (secondary N) is 1. The van der Waals surface area contributed by atoms with E-state index in [1.54, 1.807) is 14.0 Å². The van der Waals surface area contributed by atoms with Crippen LogP contribution in [0.3, 0.4) is 0 Å². The van der Waals surface area contributed by atoms with Crippen LogP contribution in [0.5, 0.6) is 0 Å². The zero-order chi connectivity index (χ0) is 11.5. The van der Waals surface area contributed by atoms with E-state index in [-0.39, 0.29) is 6.09 Å². The van der Waals surface area contributed by atoms with Gasteiger partial charge in [0, 0.05) is 18.0 Å². The number of carbonyl (C=O) groups excluding carboxylic acids is 1. The Hall–Kier alpha value is -1.97. The first kappa shape index (κ1) is 10.5. The molecule has 0 spiro atoms. The fraction of sp³-hybridized carbons (Fsp3) is 0.250. The Bertz CT molecular complexity index is 471. The molecule has 0 aliphatic carbocycles. The third-order valence-electron chi connectivity index (χ3n) is 2.42. The molecule has 0 radical (unpaired) electrons. The van der Waals surface area contributed by atoms with Crippen LogP contribution in [-0.4, -0.2) is 24.7 Å². The number of amides is 1. The second kappa shape index (κ2) is 4.26. The number of hydrogen-bond donors (Lipinski definition) is 1. The predicted molar refractivity (Wildman–Crippen MR) is 63.7 cm³/mol. The number of nitrogens with zero attached hydrogens (tertiary/aromatic N) is 1. The molecule has 4 heteroatoms. The molecular weight excluding hydrogens is 204 g/mol. The van der Waals surface area contributed by atoms with Gasteiger partial charge in [-0.1, -0.05) is 18.2 Å². The monoisotopic (exact) mass is 218 g/mol. The highest BCUT2D eigenvalue weighted by molar-refractivity contribution is 5.91. The number of fused-ring (bicyclic) bond motifs is 1. The number of aromatic amines is 1. The second-order valence-electron chi connectivity index (χ2n) is 3.50. The molecule has 1 aromatic carbocycles. The van der Waals surface area contributed by atoms with Gasteiger partial charge in [-0.2, -0.15) is 0 Å². The van der Waals surface area contributed by atoms with Crippen molar-refractivity contribution in [3.8, 4) is 0 Å². The molecule has 1 heterocycles. The van der Waals surface area contributed by atoms with E-state index in [0.29, 0.717) is 6.61 Å². The zero-order valence-electron chi connectivity index (χ0n) is 9.36. The van der Waals surface area contributed by atoms with Crippen LogP contribution in [0.4, 0.5) is 10.6 Å². The Morgan fingerprint density at radius 2 is 2.19 bits per heavy atom. The van der Waals surface area contributed by atoms with Crippen molar-refractivity contribution in [2.24, 2.45) is 0 Å². The van der Waals surface area contributed by atoms with E-state index in [9.17, 15) is 4.79 Å². The van der Waals surface area contributed by atoms with Crippen molar-refractivity contribution in [1.29, 1.82) is 0 Å². The number of rotatable bonds is 2. The van der Waals surface area contributed by atoms with Gasteiger partial charge in [-0.3, -0.25) is 4.90 Å². The van der Waals surface area contributed by atoms with Crippen LogP contribution in [0.25, 0.3) is 10.9 Å². The van der Waals surface area contributed by atoms with Crippen molar-refractivity contribution in [2.45, 2.75) is 6.92 Å². The summed E-state index contributed by atoms with van der Waals surface area (Å²) >= 11 is 0. The number of aromatic nitrogens is 1. The summed E-state index contributed by atoms with van der Waals surface area (Å²) in [5, 5.41) is 1.08. The summed E-state index contributed by atoms with van der Waals surface area (Å²) < 4.78 is 4.92. The van der Waals surface area contributed by atoms with Gasteiger partial charge < -0.3 is 9.72 Å². The summed E-state index contributed by atoms with van der Waals surface area (Å²) in [5.41, 5.74) is 1.01. The number of para-hydroxylation sites is 1. The van der Waals surface area contributed by atoms with Crippen LogP contribution in [0, 0.1) is 0 Å². The van der Waals surface area contributed by atoms with E-state index in [4.69, 9.17) is 4.74 Å². The minimum atomic E-state index is -0.353. The van der Waals surface area contributed by atoms with Gasteiger partial charge in [-0.15, -0.1) is 0 Å². The summed E-state index contributed by atoms with van der Waals surface area (Å²) in [7, 11) is 1.68. The van der Waals surface area contributed by atoms with E-state index >= 15 is 0 Å². The van der Waals surface area contributed by atoms with Crippen LogP contribution < -0.4 is 4.90 Å². The van der Waals surface area contributed by atoms with E-state index in [2.05, 4.69) is 4.98 Å². The molecule has 84 valence electrons. The molecule has 0 fully saturated rings. The van der Waals surface area contributed by atoms with Crippen LogP contribution in [-0.2, 0) is 4.74 Å². The highest BCUT2D eigenvalue weighted by Crippen LogP contribution is 2.20. The minimum Gasteiger partial charge on any atom is -0.449 e. The predicted octanol–water partition coefficient (Wildman–Crippen LogP) is 2.76. The molecule has 0 aliphatic heterocycles. The Labute approximate surface area is 93.8 Å². The van der Waals surface area contributed by atoms with Crippen molar-refractivity contribution in [3.05, 3.63) is 30.3 Å². The van der Waals surface area contributed by atoms with E-state index in [0.717, 1.165) is 16.7 Å². The molecule has 0 bridgehead atoms. The fourth-order valence-corrected chi connectivity index (χ4v) is 1.56. The molecule has 0 atom stereocenters. The van der Waals surface area contributed by atoms with Crippen LogP contribution >= 0.6 is 0 Å². The number of ether oxygens (including phenoxy) is 1. The summed E-state index contributed by atoms with van der Waals surface area (Å²) in [6, 6.07) is 9.80. The molecule has 0 saturated carbocycles. The topological polar surface area (TPSA) is 45.3 Å². The summed E-state index contributed by atoms with van der Waals surface area (Å²) in [6.07, 6.45) is -0.353. The van der Waals surface area contributed by atoms with E-state index in [1.165, 1.54) is 4.90 Å². The highest BCUT2D eigenvalue weighted by atomic mass is 16.6. The lowest BCUT2D eigenvalue weighted by molar-refractivity contribution is 0.161. The Morgan fingerprint density at radius 1 is 1.44 bits per heavy atom. The molecular formula is C12H14N2O2. The molecule has 1 N–H and O–H groups in total. The number of benzene rings is 1. The fourth-order valence-electron chi connectivity index (χ4n) is 1.56. The van der Waals surface area contributed by atoms with Crippen molar-refractivity contribution in [2.75, 3.05) is 18.6 Å². The van der Waals surface area contributed by atoms with Gasteiger partial charge in [0.05, 0.1) is 6.61 Å². The van der Waals surface area contributed by atoms with Gasteiger partial charge in [0.25, 0.3) is 0 Å². The number of carbonyl (C=O) groups is 1. The Morgan fingerprint density at radius 3 is 2.88 bits per heavy atom. The maximum absolute atomic E-state index is 11.5. The Balaban J connectivity index is 2.29. The van der Waals surface area contributed by atoms with Crippen molar-refractivity contribution >= 4 is 22.8 Å². The largest absolute Gasteiger partial charge is 0.449 e. The summed E-state index contributed by atoms with van der Waals surface area (Å²) in [5.74, 6) is 0.736. The van der Waals surface area contributed by atoms with Gasteiger partial charge in [-0.25, -0.2) is 4.79 Å². The molecule has 0 aliphatic rings. The first-order chi connectivity index (χ1) is 7.72. The smallest absolute Gasteiger partial charge is 0.415 e. The van der Waals surface area contributed by atoms with Crippen LogP contribution in [0.1, 0.15) is 6.92 Å². The van der Waals surface area contributed by atoms with Gasteiger partial charge in [0.2, 0.25) is 0 Å². The highest BCUT2D eigenvalue weighted by Gasteiger charge is 2.13. The summed E-state index contributed by atoms with van der Waals surface area (Å²) in [4.78, 5) is 16.1.